The molecule has 0 saturated heterocycles. The Morgan fingerprint density at radius 2 is 1.73 bits per heavy atom. The second-order valence-electron chi connectivity index (χ2n) is 4.65. The van der Waals surface area contributed by atoms with Crippen molar-refractivity contribution >= 4 is 23.6 Å². The van der Waals surface area contributed by atoms with Gasteiger partial charge < -0.3 is 10.4 Å². The van der Waals surface area contributed by atoms with E-state index in [1.165, 1.54) is 31.2 Å². The number of carbonyl (C=O) groups is 2. The molecule has 0 atom stereocenters. The maximum Gasteiger partial charge on any atom is 0.337 e. The summed E-state index contributed by atoms with van der Waals surface area (Å²) in [6.07, 6.45) is 1.41. The van der Waals surface area contributed by atoms with Crippen LogP contribution in [0, 0.1) is 5.82 Å². The number of amides is 1. The minimum Gasteiger partial charge on any atom is -0.478 e. The zero-order valence-corrected chi connectivity index (χ0v) is 11.8. The van der Waals surface area contributed by atoms with Crippen LogP contribution < -0.4 is 5.32 Å². The van der Waals surface area contributed by atoms with Crippen LogP contribution >= 0.6 is 0 Å². The van der Waals surface area contributed by atoms with E-state index in [2.05, 4.69) is 5.32 Å². The van der Waals surface area contributed by atoms with Gasteiger partial charge in [-0.1, -0.05) is 30.3 Å². The van der Waals surface area contributed by atoms with E-state index in [-0.39, 0.29) is 16.8 Å². The molecular weight excluding hydrogens is 285 g/mol. The highest BCUT2D eigenvalue weighted by molar-refractivity contribution is 6.09. The monoisotopic (exact) mass is 299 g/mol. The van der Waals surface area contributed by atoms with Crippen molar-refractivity contribution in [3.05, 3.63) is 71.0 Å². The third-order valence-corrected chi connectivity index (χ3v) is 3.04. The smallest absolute Gasteiger partial charge is 0.337 e. The molecule has 0 radical (unpaired) electrons. The molecule has 0 aliphatic carbocycles. The molecule has 0 fully saturated rings. The molecule has 1 amide bonds. The molecule has 2 aromatic rings. The van der Waals surface area contributed by atoms with Crippen LogP contribution in [0.5, 0.6) is 0 Å². The average molecular weight is 299 g/mol. The van der Waals surface area contributed by atoms with Gasteiger partial charge in [0.25, 0.3) is 5.91 Å². The molecule has 22 heavy (non-hydrogen) atoms. The quantitative estimate of drug-likeness (QED) is 0.848. The molecule has 0 aliphatic heterocycles. The summed E-state index contributed by atoms with van der Waals surface area (Å²) in [7, 11) is 0. The van der Waals surface area contributed by atoms with Crippen molar-refractivity contribution in [2.75, 3.05) is 5.32 Å². The Bertz CT molecular complexity index is 753. The summed E-state index contributed by atoms with van der Waals surface area (Å²) in [5, 5.41) is 11.6. The van der Waals surface area contributed by atoms with Crippen LogP contribution in [0.3, 0.4) is 0 Å². The van der Waals surface area contributed by atoms with Crippen LogP contribution in [0.1, 0.15) is 22.8 Å². The summed E-state index contributed by atoms with van der Waals surface area (Å²) in [6.45, 7) is 1.53. The third kappa shape index (κ3) is 3.58. The molecular formula is C17H14FNO3. The van der Waals surface area contributed by atoms with Crippen molar-refractivity contribution in [1.29, 1.82) is 0 Å². The van der Waals surface area contributed by atoms with Crippen molar-refractivity contribution < 1.29 is 19.1 Å². The topological polar surface area (TPSA) is 66.4 Å². The summed E-state index contributed by atoms with van der Waals surface area (Å²) in [5.74, 6) is -2.05. The lowest BCUT2D eigenvalue weighted by atomic mass is 10.1. The number of benzene rings is 2. The molecule has 0 aromatic heterocycles. The highest BCUT2D eigenvalue weighted by Crippen LogP contribution is 2.17. The number of carbonyl (C=O) groups excluding carboxylic acids is 1. The van der Waals surface area contributed by atoms with Gasteiger partial charge in [0.1, 0.15) is 5.82 Å². The van der Waals surface area contributed by atoms with Crippen molar-refractivity contribution in [2.24, 2.45) is 0 Å². The number of carboxylic acids is 1. The molecule has 0 heterocycles. The van der Waals surface area contributed by atoms with Gasteiger partial charge in [-0.15, -0.1) is 0 Å². The fraction of sp³-hybridized carbons (Fsp3) is 0.0588. The zero-order chi connectivity index (χ0) is 16.1. The van der Waals surface area contributed by atoms with Crippen LogP contribution in [0.15, 0.2) is 54.1 Å². The summed E-state index contributed by atoms with van der Waals surface area (Å²) in [6, 6.07) is 12.2. The number of para-hydroxylation sites is 1. The van der Waals surface area contributed by atoms with E-state index in [0.717, 1.165) is 0 Å². The Morgan fingerprint density at radius 1 is 1.09 bits per heavy atom. The van der Waals surface area contributed by atoms with E-state index < -0.39 is 17.7 Å². The zero-order valence-electron chi connectivity index (χ0n) is 11.8. The molecule has 5 heteroatoms. The maximum absolute atomic E-state index is 13.6. The molecule has 0 spiro atoms. The first-order valence-corrected chi connectivity index (χ1v) is 6.55. The van der Waals surface area contributed by atoms with Gasteiger partial charge in [-0.2, -0.15) is 0 Å². The molecule has 0 aliphatic rings. The lowest BCUT2D eigenvalue weighted by Crippen LogP contribution is -2.15. The summed E-state index contributed by atoms with van der Waals surface area (Å²) in [4.78, 5) is 23.2. The number of carboxylic acid groups (broad SMARTS) is 1. The van der Waals surface area contributed by atoms with Gasteiger partial charge in [0, 0.05) is 11.1 Å². The number of nitrogens with one attached hydrogen (secondary N) is 1. The molecule has 2 aromatic carbocycles. The van der Waals surface area contributed by atoms with Crippen LogP contribution in [0.4, 0.5) is 10.1 Å². The van der Waals surface area contributed by atoms with Crippen LogP contribution in [0.25, 0.3) is 6.08 Å². The van der Waals surface area contributed by atoms with Crippen LogP contribution in [0.2, 0.25) is 0 Å². The second-order valence-corrected chi connectivity index (χ2v) is 4.65. The Morgan fingerprint density at radius 3 is 2.41 bits per heavy atom. The van der Waals surface area contributed by atoms with Crippen LogP contribution in [-0.4, -0.2) is 17.0 Å². The normalized spacial score (nSPS) is 11.1. The third-order valence-electron chi connectivity index (χ3n) is 3.04. The number of aromatic carboxylic acids is 1. The fourth-order valence-corrected chi connectivity index (χ4v) is 1.89. The lowest BCUT2D eigenvalue weighted by Gasteiger charge is -2.08. The standard InChI is InChI=1S/C17H14FNO3/c1-11(10-12-6-2-4-8-14(12)18)16(20)19-15-9-5-3-7-13(15)17(21)22/h2-10H,1H3,(H,19,20)(H,21,22)/b11-10+. The van der Waals surface area contributed by atoms with E-state index in [1.54, 1.807) is 30.3 Å². The van der Waals surface area contributed by atoms with Gasteiger partial charge in [0.15, 0.2) is 0 Å². The first-order valence-electron chi connectivity index (χ1n) is 6.55. The summed E-state index contributed by atoms with van der Waals surface area (Å²) in [5.41, 5.74) is 0.753. The largest absolute Gasteiger partial charge is 0.478 e. The minimum atomic E-state index is -1.13. The van der Waals surface area contributed by atoms with Gasteiger partial charge in [0.05, 0.1) is 11.3 Å². The van der Waals surface area contributed by atoms with Gasteiger partial charge in [0.2, 0.25) is 0 Å². The van der Waals surface area contributed by atoms with Gasteiger partial charge in [-0.05, 0) is 31.2 Å². The van der Waals surface area contributed by atoms with Gasteiger partial charge in [-0.25, -0.2) is 9.18 Å². The SMILES string of the molecule is C/C(=C\c1ccccc1F)C(=O)Nc1ccccc1C(=O)O. The summed E-state index contributed by atoms with van der Waals surface area (Å²) < 4.78 is 13.6. The highest BCUT2D eigenvalue weighted by Gasteiger charge is 2.12. The van der Waals surface area contributed by atoms with E-state index in [1.807, 2.05) is 0 Å². The number of rotatable bonds is 4. The Balaban J connectivity index is 2.23. The van der Waals surface area contributed by atoms with Crippen molar-refractivity contribution in [1.82, 2.24) is 0 Å². The van der Waals surface area contributed by atoms with Crippen molar-refractivity contribution in [2.45, 2.75) is 6.92 Å². The van der Waals surface area contributed by atoms with Crippen molar-refractivity contribution in [3.63, 3.8) is 0 Å². The predicted octanol–water partition coefficient (Wildman–Crippen LogP) is 3.57. The number of halogens is 1. The first-order chi connectivity index (χ1) is 10.5. The maximum atomic E-state index is 13.6. The molecule has 2 N–H and O–H groups in total. The average Bonchev–Trinajstić information content (AvgIpc) is 2.49. The Labute approximate surface area is 126 Å². The Kier molecular flexibility index (Phi) is 4.68. The van der Waals surface area contributed by atoms with Crippen LogP contribution in [-0.2, 0) is 4.79 Å². The molecule has 0 unspecified atom stereocenters. The number of anilines is 1. The molecule has 112 valence electrons. The van der Waals surface area contributed by atoms with Gasteiger partial charge in [-0.3, -0.25) is 4.79 Å². The first kappa shape index (κ1) is 15.4. The number of hydrogen-bond acceptors (Lipinski definition) is 2. The molecule has 4 nitrogen and oxygen atoms in total. The fourth-order valence-electron chi connectivity index (χ4n) is 1.89. The van der Waals surface area contributed by atoms with E-state index >= 15 is 0 Å². The second kappa shape index (κ2) is 6.67. The Hall–Kier alpha value is -2.95. The number of hydrogen-bond donors (Lipinski definition) is 2. The van der Waals surface area contributed by atoms with E-state index in [0.29, 0.717) is 5.56 Å². The molecule has 0 saturated carbocycles. The van der Waals surface area contributed by atoms with Gasteiger partial charge >= 0.3 is 5.97 Å². The predicted molar refractivity (Wildman–Crippen MR) is 82.1 cm³/mol. The van der Waals surface area contributed by atoms with E-state index in [4.69, 9.17) is 5.11 Å². The molecule has 0 bridgehead atoms. The molecule has 2 rings (SSSR count). The highest BCUT2D eigenvalue weighted by atomic mass is 19.1. The van der Waals surface area contributed by atoms with Crippen molar-refractivity contribution in [3.8, 4) is 0 Å². The lowest BCUT2D eigenvalue weighted by molar-refractivity contribution is -0.112. The minimum absolute atomic E-state index is 0.00505. The summed E-state index contributed by atoms with van der Waals surface area (Å²) >= 11 is 0. The van der Waals surface area contributed by atoms with E-state index in [9.17, 15) is 14.0 Å².